The molecule has 4 rings (SSSR count). The molecular weight excluding hydrogens is 398 g/mol. The maximum absolute atomic E-state index is 13.2. The van der Waals surface area contributed by atoms with Crippen molar-refractivity contribution >= 4 is 23.6 Å². The summed E-state index contributed by atoms with van der Waals surface area (Å²) >= 11 is 0. The predicted molar refractivity (Wildman–Crippen MR) is 109 cm³/mol. The van der Waals surface area contributed by atoms with E-state index in [9.17, 15) is 19.6 Å². The molecule has 0 amide bonds. The van der Waals surface area contributed by atoms with Crippen molar-refractivity contribution in [1.29, 1.82) is 5.26 Å². The molecule has 0 bridgehead atoms. The summed E-state index contributed by atoms with van der Waals surface area (Å²) in [6, 6.07) is 10.7. The topological polar surface area (TPSA) is 109 Å². The number of esters is 2. The van der Waals surface area contributed by atoms with Crippen LogP contribution in [0.25, 0.3) is 0 Å². The lowest BCUT2D eigenvalue weighted by atomic mass is 9.90. The second-order valence-electron chi connectivity index (χ2n) is 6.55. The number of hydrogen-bond acceptors (Lipinski definition) is 8. The lowest BCUT2D eigenvalue weighted by Gasteiger charge is -2.37. The molecule has 0 N–H and O–H groups in total. The Balaban J connectivity index is 1.97. The number of carbonyl (C=O) groups is 3. The average Bonchev–Trinajstić information content (AvgIpc) is 2.83. The number of aliphatic imine (C=N–C) groups is 1. The summed E-state index contributed by atoms with van der Waals surface area (Å²) in [5, 5.41) is 9.75. The molecule has 0 radical (unpaired) electrons. The number of benzene rings is 1. The van der Waals surface area contributed by atoms with E-state index in [0.29, 0.717) is 11.3 Å². The molecule has 1 aromatic rings. The predicted octanol–water partition coefficient (Wildman–Crippen LogP) is 2.35. The van der Waals surface area contributed by atoms with Crippen LogP contribution < -0.4 is 0 Å². The van der Waals surface area contributed by atoms with E-state index in [0.717, 1.165) is 7.11 Å². The third-order valence-electron chi connectivity index (χ3n) is 4.89. The minimum absolute atomic E-state index is 0.0644. The Hall–Kier alpha value is -4.51. The van der Waals surface area contributed by atoms with Gasteiger partial charge >= 0.3 is 11.9 Å². The van der Waals surface area contributed by atoms with Crippen molar-refractivity contribution in [2.75, 3.05) is 14.2 Å². The molecule has 3 aliphatic heterocycles. The molecule has 0 aliphatic carbocycles. The molecule has 1 aromatic carbocycles. The van der Waals surface area contributed by atoms with Gasteiger partial charge in [-0.3, -0.25) is 9.69 Å². The van der Waals surface area contributed by atoms with Crippen molar-refractivity contribution in [3.63, 3.8) is 0 Å². The minimum atomic E-state index is -0.850. The second-order valence-corrected chi connectivity index (χ2v) is 6.55. The molecule has 0 aromatic heterocycles. The van der Waals surface area contributed by atoms with Crippen LogP contribution in [0.1, 0.15) is 10.4 Å². The number of hydrogen-bond donors (Lipinski definition) is 0. The van der Waals surface area contributed by atoms with Gasteiger partial charge in [-0.2, -0.15) is 5.26 Å². The van der Waals surface area contributed by atoms with Gasteiger partial charge in [-0.15, -0.1) is 0 Å². The van der Waals surface area contributed by atoms with Crippen LogP contribution in [-0.2, 0) is 19.1 Å². The van der Waals surface area contributed by atoms with E-state index >= 15 is 0 Å². The van der Waals surface area contributed by atoms with Crippen LogP contribution in [0.2, 0.25) is 0 Å². The Labute approximate surface area is 177 Å². The van der Waals surface area contributed by atoms with Gasteiger partial charge in [0.25, 0.3) is 0 Å². The van der Waals surface area contributed by atoms with Crippen molar-refractivity contribution in [3.8, 4) is 6.07 Å². The largest absolute Gasteiger partial charge is 0.465 e. The number of allylic oxidation sites excluding steroid dienone is 5. The number of nitriles is 1. The van der Waals surface area contributed by atoms with Crippen LogP contribution >= 0.6 is 0 Å². The minimum Gasteiger partial charge on any atom is -0.465 e. The van der Waals surface area contributed by atoms with Gasteiger partial charge < -0.3 is 9.47 Å². The fourth-order valence-corrected chi connectivity index (χ4v) is 3.50. The van der Waals surface area contributed by atoms with Gasteiger partial charge in [0.05, 0.1) is 31.2 Å². The third kappa shape index (κ3) is 3.09. The van der Waals surface area contributed by atoms with Gasteiger partial charge in [0, 0.05) is 11.1 Å². The number of ether oxygens (including phenoxy) is 2. The Morgan fingerprint density at radius 1 is 1.06 bits per heavy atom. The van der Waals surface area contributed by atoms with Gasteiger partial charge in [-0.1, -0.05) is 36.4 Å². The Kier molecular flexibility index (Phi) is 4.93. The molecule has 3 heterocycles. The molecule has 0 spiro atoms. The maximum Gasteiger partial charge on any atom is 0.357 e. The van der Waals surface area contributed by atoms with Crippen molar-refractivity contribution in [2.45, 2.75) is 0 Å². The Bertz CT molecular complexity index is 1250. The maximum atomic E-state index is 13.2. The quantitative estimate of drug-likeness (QED) is 0.551. The summed E-state index contributed by atoms with van der Waals surface area (Å²) < 4.78 is 9.63. The zero-order valence-electron chi connectivity index (χ0n) is 16.6. The van der Waals surface area contributed by atoms with Crippen LogP contribution in [0.5, 0.6) is 0 Å². The van der Waals surface area contributed by atoms with Crippen LogP contribution in [-0.4, -0.2) is 42.7 Å². The monoisotopic (exact) mass is 413 g/mol. The molecule has 31 heavy (non-hydrogen) atoms. The van der Waals surface area contributed by atoms with E-state index in [1.165, 1.54) is 18.1 Å². The van der Waals surface area contributed by atoms with Crippen molar-refractivity contribution in [2.24, 2.45) is 4.99 Å². The van der Waals surface area contributed by atoms with E-state index in [1.54, 1.807) is 48.6 Å². The first-order valence-electron chi connectivity index (χ1n) is 9.16. The number of carbonyl (C=O) groups excluding carboxylic acids is 3. The van der Waals surface area contributed by atoms with E-state index in [1.807, 2.05) is 6.07 Å². The van der Waals surface area contributed by atoms with Crippen molar-refractivity contribution in [3.05, 3.63) is 94.0 Å². The first kappa shape index (κ1) is 19.8. The average molecular weight is 413 g/mol. The zero-order valence-corrected chi connectivity index (χ0v) is 16.6. The molecule has 3 aliphatic rings. The first-order chi connectivity index (χ1) is 15.0. The van der Waals surface area contributed by atoms with Gasteiger partial charge in [-0.25, -0.2) is 14.6 Å². The van der Waals surface area contributed by atoms with E-state index in [4.69, 9.17) is 9.47 Å². The highest BCUT2D eigenvalue weighted by Gasteiger charge is 2.41. The van der Waals surface area contributed by atoms with E-state index in [-0.39, 0.29) is 39.7 Å². The van der Waals surface area contributed by atoms with Crippen molar-refractivity contribution in [1.82, 2.24) is 4.90 Å². The van der Waals surface area contributed by atoms with Crippen LogP contribution in [0.4, 0.5) is 0 Å². The standard InChI is InChI=1S/C23H15N3O5/c1-30-22(28)18-17-10-6-9-16-15(20(27)13-7-4-3-5-8-13)11-14(12-24)21(26(16)17)25-19(18)23(29)31-2/h3-11H,1-2H3. The lowest BCUT2D eigenvalue weighted by Crippen LogP contribution is -2.41. The molecule has 0 unspecified atom stereocenters. The lowest BCUT2D eigenvalue weighted by molar-refractivity contribution is -0.139. The smallest absolute Gasteiger partial charge is 0.357 e. The highest BCUT2D eigenvalue weighted by molar-refractivity contribution is 6.19. The fourth-order valence-electron chi connectivity index (χ4n) is 3.50. The fraction of sp³-hybridized carbons (Fsp3) is 0.0870. The summed E-state index contributed by atoms with van der Waals surface area (Å²) in [5.41, 5.74) is 1.05. The van der Waals surface area contributed by atoms with Crippen LogP contribution in [0.3, 0.4) is 0 Å². The third-order valence-corrected chi connectivity index (χ3v) is 4.89. The summed E-state index contributed by atoms with van der Waals surface area (Å²) in [4.78, 5) is 43.9. The van der Waals surface area contributed by atoms with Gasteiger partial charge in [-0.05, 0) is 18.2 Å². The summed E-state index contributed by atoms with van der Waals surface area (Å²) in [6.07, 6.45) is 6.34. The number of methoxy groups -OCH3 is 2. The van der Waals surface area contributed by atoms with Crippen molar-refractivity contribution < 1.29 is 23.9 Å². The molecule has 0 saturated carbocycles. The Morgan fingerprint density at radius 3 is 2.42 bits per heavy atom. The van der Waals surface area contributed by atoms with Gasteiger partial charge in [0.15, 0.2) is 17.3 Å². The van der Waals surface area contributed by atoms with Gasteiger partial charge in [0.1, 0.15) is 11.6 Å². The molecule has 0 fully saturated rings. The molecule has 152 valence electrons. The number of nitrogens with zero attached hydrogens (tertiary/aromatic N) is 3. The molecule has 0 atom stereocenters. The molecule has 0 saturated heterocycles. The number of Topliss-reactive ketones (excluding diaryl/α,β-unsaturated/α-hetero) is 1. The Morgan fingerprint density at radius 2 is 1.77 bits per heavy atom. The van der Waals surface area contributed by atoms with E-state index in [2.05, 4.69) is 4.99 Å². The summed E-state index contributed by atoms with van der Waals surface area (Å²) in [5.74, 6) is -1.83. The van der Waals surface area contributed by atoms with Gasteiger partial charge in [0.2, 0.25) is 0 Å². The number of amidine groups is 1. The highest BCUT2D eigenvalue weighted by Crippen LogP contribution is 2.39. The second kappa shape index (κ2) is 7.72. The number of rotatable bonds is 4. The molecular formula is C23H15N3O5. The summed E-state index contributed by atoms with van der Waals surface area (Å²) in [7, 11) is 2.34. The highest BCUT2D eigenvalue weighted by atomic mass is 16.5. The van der Waals surface area contributed by atoms with E-state index < -0.39 is 11.9 Å². The number of ketones is 1. The summed E-state index contributed by atoms with van der Waals surface area (Å²) in [6.45, 7) is 0. The first-order valence-corrected chi connectivity index (χ1v) is 9.16. The normalized spacial score (nSPS) is 16.5. The van der Waals surface area contributed by atoms with Crippen LogP contribution in [0.15, 0.2) is 93.4 Å². The zero-order chi connectivity index (χ0) is 22.1. The molecule has 8 heteroatoms. The molecule has 8 nitrogen and oxygen atoms in total. The SMILES string of the molecule is COC(=O)C1=C(C(=O)OC)C2=CC=CC3=C(C(=O)c4ccccc4)C=C(C#N)C(=N1)N23. The van der Waals surface area contributed by atoms with Crippen LogP contribution in [0, 0.1) is 11.3 Å².